The number of anilines is 3. The molecule has 25 heavy (non-hydrogen) atoms. The maximum absolute atomic E-state index is 5.80. The van der Waals surface area contributed by atoms with Gasteiger partial charge in [0.1, 0.15) is 5.82 Å². The van der Waals surface area contributed by atoms with Gasteiger partial charge in [-0.1, -0.05) is 17.7 Å². The van der Waals surface area contributed by atoms with Crippen molar-refractivity contribution in [2.24, 2.45) is 0 Å². The van der Waals surface area contributed by atoms with Gasteiger partial charge in [-0.25, -0.2) is 4.98 Å². The number of ether oxygens (including phenoxy) is 2. The van der Waals surface area contributed by atoms with Crippen LogP contribution < -0.4 is 10.2 Å². The van der Waals surface area contributed by atoms with E-state index in [0.29, 0.717) is 19.2 Å². The Morgan fingerprint density at radius 2 is 1.84 bits per heavy atom. The van der Waals surface area contributed by atoms with Crippen molar-refractivity contribution in [3.8, 4) is 0 Å². The van der Waals surface area contributed by atoms with Gasteiger partial charge in [-0.15, -0.1) is 0 Å². The number of aromatic nitrogens is 2. The Morgan fingerprint density at radius 3 is 2.56 bits per heavy atom. The molecule has 0 atom stereocenters. The fourth-order valence-corrected chi connectivity index (χ4v) is 3.52. The Bertz CT molecular complexity index is 749. The summed E-state index contributed by atoms with van der Waals surface area (Å²) < 4.78 is 11.6. The van der Waals surface area contributed by atoms with E-state index in [0.717, 1.165) is 37.4 Å². The van der Waals surface area contributed by atoms with Gasteiger partial charge in [0, 0.05) is 37.8 Å². The lowest BCUT2D eigenvalue weighted by Crippen LogP contribution is -2.45. The van der Waals surface area contributed by atoms with Crippen LogP contribution in [0.15, 0.2) is 30.5 Å². The number of benzene rings is 1. The molecule has 2 aliphatic rings. The molecule has 1 aromatic carbocycles. The third kappa shape index (κ3) is 3.45. The van der Waals surface area contributed by atoms with Crippen LogP contribution in [0.1, 0.15) is 24.0 Å². The summed E-state index contributed by atoms with van der Waals surface area (Å²) in [7, 11) is 0. The second-order valence-electron chi connectivity index (χ2n) is 6.78. The van der Waals surface area contributed by atoms with Crippen LogP contribution in [0.2, 0.25) is 0 Å². The standard InChI is InChI=1S/C19H24N4O2/c1-14-3-4-16(15(2)13-14)21-18-20-8-5-17(22-18)23-9-6-19(7-10-23)24-11-12-25-19/h3-5,8,13H,6-7,9-12H2,1-2H3,(H,20,21,22). The zero-order valence-corrected chi connectivity index (χ0v) is 14.8. The summed E-state index contributed by atoms with van der Waals surface area (Å²) in [5, 5.41) is 3.33. The lowest BCUT2D eigenvalue weighted by Gasteiger charge is -2.38. The lowest BCUT2D eigenvalue weighted by molar-refractivity contribution is -0.169. The highest BCUT2D eigenvalue weighted by Gasteiger charge is 2.40. The molecule has 2 aromatic rings. The maximum atomic E-state index is 5.80. The Labute approximate surface area is 148 Å². The van der Waals surface area contributed by atoms with Crippen molar-refractivity contribution in [2.75, 3.05) is 36.5 Å². The maximum Gasteiger partial charge on any atom is 0.229 e. The molecule has 132 valence electrons. The highest BCUT2D eigenvalue weighted by Crippen LogP contribution is 2.32. The number of hydrogen-bond acceptors (Lipinski definition) is 6. The lowest BCUT2D eigenvalue weighted by atomic mass is 10.0. The highest BCUT2D eigenvalue weighted by atomic mass is 16.7. The monoisotopic (exact) mass is 340 g/mol. The smallest absolute Gasteiger partial charge is 0.229 e. The molecule has 1 aromatic heterocycles. The van der Waals surface area contributed by atoms with E-state index in [-0.39, 0.29) is 5.79 Å². The van der Waals surface area contributed by atoms with Gasteiger partial charge in [0.25, 0.3) is 0 Å². The number of aryl methyl sites for hydroxylation is 2. The Morgan fingerprint density at radius 1 is 1.08 bits per heavy atom. The van der Waals surface area contributed by atoms with Crippen molar-refractivity contribution in [1.29, 1.82) is 0 Å². The minimum absolute atomic E-state index is 0.358. The van der Waals surface area contributed by atoms with Gasteiger partial charge in [-0.2, -0.15) is 4.98 Å². The van der Waals surface area contributed by atoms with Gasteiger partial charge in [-0.05, 0) is 31.5 Å². The van der Waals surface area contributed by atoms with E-state index in [1.165, 1.54) is 11.1 Å². The number of rotatable bonds is 3. The SMILES string of the molecule is Cc1ccc(Nc2nccc(N3CCC4(CC3)OCCO4)n2)c(C)c1. The fourth-order valence-electron chi connectivity index (χ4n) is 3.52. The molecule has 4 rings (SSSR count). The van der Waals surface area contributed by atoms with E-state index in [1.807, 2.05) is 6.07 Å². The predicted molar refractivity (Wildman–Crippen MR) is 97.3 cm³/mol. The van der Waals surface area contributed by atoms with Gasteiger partial charge >= 0.3 is 0 Å². The molecule has 1 spiro atoms. The molecule has 0 unspecified atom stereocenters. The first-order chi connectivity index (χ1) is 12.1. The molecule has 2 fully saturated rings. The van der Waals surface area contributed by atoms with Gasteiger partial charge in [-0.3, -0.25) is 0 Å². The molecule has 0 bridgehead atoms. The Hall–Kier alpha value is -2.18. The van der Waals surface area contributed by atoms with E-state index in [1.54, 1.807) is 6.20 Å². The number of piperidine rings is 1. The van der Waals surface area contributed by atoms with Crippen molar-refractivity contribution < 1.29 is 9.47 Å². The first-order valence-corrected chi connectivity index (χ1v) is 8.84. The summed E-state index contributed by atoms with van der Waals surface area (Å²) in [5.74, 6) is 1.21. The van der Waals surface area contributed by atoms with E-state index in [4.69, 9.17) is 14.5 Å². The average Bonchev–Trinajstić information content (AvgIpc) is 3.06. The minimum atomic E-state index is -0.358. The minimum Gasteiger partial charge on any atom is -0.356 e. The van der Waals surface area contributed by atoms with E-state index in [2.05, 4.69) is 47.2 Å². The zero-order chi connectivity index (χ0) is 17.3. The van der Waals surface area contributed by atoms with Crippen molar-refractivity contribution in [3.63, 3.8) is 0 Å². The summed E-state index contributed by atoms with van der Waals surface area (Å²) >= 11 is 0. The topological polar surface area (TPSA) is 59.5 Å². The summed E-state index contributed by atoms with van der Waals surface area (Å²) in [6.45, 7) is 7.34. The Balaban J connectivity index is 1.46. The van der Waals surface area contributed by atoms with Crippen LogP contribution in [0.4, 0.5) is 17.5 Å². The molecule has 0 aliphatic carbocycles. The van der Waals surface area contributed by atoms with Gasteiger partial charge < -0.3 is 19.7 Å². The molecule has 3 heterocycles. The summed E-state index contributed by atoms with van der Waals surface area (Å²) in [4.78, 5) is 11.3. The average molecular weight is 340 g/mol. The first kappa shape index (κ1) is 16.3. The third-order valence-corrected chi connectivity index (χ3v) is 4.93. The van der Waals surface area contributed by atoms with Crippen molar-refractivity contribution >= 4 is 17.5 Å². The fraction of sp³-hybridized carbons (Fsp3) is 0.474. The number of nitrogens with zero attached hydrogens (tertiary/aromatic N) is 3. The molecule has 0 amide bonds. The normalized spacial score (nSPS) is 19.4. The molecular weight excluding hydrogens is 316 g/mol. The van der Waals surface area contributed by atoms with Gasteiger partial charge in [0.15, 0.2) is 5.79 Å². The zero-order valence-electron chi connectivity index (χ0n) is 14.8. The molecule has 1 N–H and O–H groups in total. The first-order valence-electron chi connectivity index (χ1n) is 8.84. The van der Waals surface area contributed by atoms with E-state index < -0.39 is 0 Å². The van der Waals surface area contributed by atoms with Crippen LogP contribution in [0.25, 0.3) is 0 Å². The van der Waals surface area contributed by atoms with Crippen LogP contribution in [0, 0.1) is 13.8 Å². The van der Waals surface area contributed by atoms with Gasteiger partial charge in [0.05, 0.1) is 13.2 Å². The number of hydrogen-bond donors (Lipinski definition) is 1. The van der Waals surface area contributed by atoms with Crippen LogP contribution in [0.5, 0.6) is 0 Å². The summed E-state index contributed by atoms with van der Waals surface area (Å²) in [6.07, 6.45) is 3.55. The third-order valence-electron chi connectivity index (χ3n) is 4.93. The highest BCUT2D eigenvalue weighted by molar-refractivity contribution is 5.59. The van der Waals surface area contributed by atoms with Crippen molar-refractivity contribution in [1.82, 2.24) is 9.97 Å². The van der Waals surface area contributed by atoms with Crippen LogP contribution in [-0.4, -0.2) is 42.1 Å². The molecule has 6 heteroatoms. The summed E-state index contributed by atoms with van der Waals surface area (Å²) in [5.41, 5.74) is 3.47. The van der Waals surface area contributed by atoms with Crippen molar-refractivity contribution in [2.45, 2.75) is 32.5 Å². The molecule has 0 radical (unpaired) electrons. The molecule has 0 saturated carbocycles. The van der Waals surface area contributed by atoms with Crippen LogP contribution in [0.3, 0.4) is 0 Å². The second-order valence-corrected chi connectivity index (χ2v) is 6.78. The summed E-state index contributed by atoms with van der Waals surface area (Å²) in [6, 6.07) is 8.27. The Kier molecular flexibility index (Phi) is 4.31. The number of nitrogens with one attached hydrogen (secondary N) is 1. The van der Waals surface area contributed by atoms with E-state index >= 15 is 0 Å². The van der Waals surface area contributed by atoms with E-state index in [9.17, 15) is 0 Å². The van der Waals surface area contributed by atoms with Crippen molar-refractivity contribution in [3.05, 3.63) is 41.6 Å². The quantitative estimate of drug-likeness (QED) is 0.926. The molecule has 2 aliphatic heterocycles. The van der Waals surface area contributed by atoms with Crippen LogP contribution >= 0.6 is 0 Å². The molecule has 6 nitrogen and oxygen atoms in total. The largest absolute Gasteiger partial charge is 0.356 e. The second kappa shape index (κ2) is 6.61. The van der Waals surface area contributed by atoms with Gasteiger partial charge in [0.2, 0.25) is 5.95 Å². The van der Waals surface area contributed by atoms with Crippen LogP contribution in [-0.2, 0) is 9.47 Å². The predicted octanol–water partition coefficient (Wildman–Crippen LogP) is 3.18. The molecule has 2 saturated heterocycles. The molecular formula is C19H24N4O2.